The van der Waals surface area contributed by atoms with Gasteiger partial charge in [0.1, 0.15) is 0 Å². The summed E-state index contributed by atoms with van der Waals surface area (Å²) in [7, 11) is -1.36. The Balaban J connectivity index is 1.52. The number of carbonyl (C=O) groups excluding carboxylic acids is 1. The fourth-order valence-corrected chi connectivity index (χ4v) is 5.96. The Labute approximate surface area is 157 Å². The smallest absolute Gasteiger partial charge is 0.225 e. The van der Waals surface area contributed by atoms with E-state index < -0.39 is 9.84 Å². The zero-order valence-corrected chi connectivity index (χ0v) is 15.9. The number of anilines is 1. The van der Waals surface area contributed by atoms with Crippen LogP contribution in [0, 0.1) is 0 Å². The van der Waals surface area contributed by atoms with Crippen molar-refractivity contribution in [3.8, 4) is 0 Å². The van der Waals surface area contributed by atoms with Gasteiger partial charge in [0.25, 0.3) is 0 Å². The van der Waals surface area contributed by atoms with Crippen LogP contribution in [0.1, 0.15) is 12.1 Å². The maximum absolute atomic E-state index is 12.9. The van der Waals surface area contributed by atoms with E-state index in [0.717, 1.165) is 5.69 Å². The van der Waals surface area contributed by atoms with Gasteiger partial charge in [0.15, 0.2) is 9.84 Å². The van der Waals surface area contributed by atoms with Gasteiger partial charge in [-0.3, -0.25) is 9.48 Å². The normalized spacial score (nSPS) is 24.0. The second kappa shape index (κ2) is 6.91. The predicted molar refractivity (Wildman–Crippen MR) is 98.8 cm³/mol. The molecule has 2 fully saturated rings. The molecule has 2 aromatic heterocycles. The minimum atomic E-state index is -3.21. The highest BCUT2D eigenvalue weighted by molar-refractivity contribution is 7.91. The molecular weight excluding hydrogens is 368 g/mol. The number of aryl methyl sites for hydroxylation is 2. The monoisotopic (exact) mass is 390 g/mol. The third-order valence-corrected chi connectivity index (χ3v) is 7.02. The highest BCUT2D eigenvalue weighted by Crippen LogP contribution is 2.29. The minimum absolute atomic E-state index is 0.00154. The van der Waals surface area contributed by atoms with Crippen LogP contribution in [0.25, 0.3) is 0 Å². The zero-order chi connectivity index (χ0) is 19.0. The topological polar surface area (TPSA) is 101 Å². The molecule has 0 N–H and O–H groups in total. The summed E-state index contributed by atoms with van der Waals surface area (Å²) in [6.45, 7) is 0.997. The van der Waals surface area contributed by atoms with E-state index >= 15 is 0 Å². The first-order valence-electron chi connectivity index (χ1n) is 8.95. The summed E-state index contributed by atoms with van der Waals surface area (Å²) < 4.78 is 26.4. The van der Waals surface area contributed by atoms with E-state index in [9.17, 15) is 13.2 Å². The first-order valence-corrected chi connectivity index (χ1v) is 10.8. The molecule has 0 spiro atoms. The highest BCUT2D eigenvalue weighted by atomic mass is 32.2. The van der Waals surface area contributed by atoms with Crippen LogP contribution in [-0.2, 0) is 28.1 Å². The lowest BCUT2D eigenvalue weighted by Crippen LogP contribution is -2.61. The predicted octanol–water partition coefficient (Wildman–Crippen LogP) is -0.343. The summed E-state index contributed by atoms with van der Waals surface area (Å²) in [6, 6.07) is 2.96. The van der Waals surface area contributed by atoms with E-state index in [1.807, 2.05) is 18.0 Å². The van der Waals surface area contributed by atoms with Crippen molar-refractivity contribution in [3.05, 3.63) is 36.4 Å². The van der Waals surface area contributed by atoms with Crippen LogP contribution in [-0.4, -0.2) is 75.7 Å². The van der Waals surface area contributed by atoms with Crippen molar-refractivity contribution in [2.75, 3.05) is 29.5 Å². The standard InChI is InChI=1S/C17H22N6O3S/c1-21-13(5-8-20-21)3-4-16(24)22-9-10-23(17-18-6-2-7-19-17)15-12-27(25,26)11-14(15)22/h2,5-8,14-15H,3-4,9-12H2,1H3/t14-,15+/m0/s1. The van der Waals surface area contributed by atoms with Gasteiger partial charge in [-0.05, 0) is 18.6 Å². The van der Waals surface area contributed by atoms with Crippen molar-refractivity contribution in [1.82, 2.24) is 24.6 Å². The lowest BCUT2D eigenvalue weighted by molar-refractivity contribution is -0.134. The van der Waals surface area contributed by atoms with Gasteiger partial charge in [-0.1, -0.05) is 0 Å². The zero-order valence-electron chi connectivity index (χ0n) is 15.1. The summed E-state index contributed by atoms with van der Waals surface area (Å²) in [5, 5.41) is 4.11. The van der Waals surface area contributed by atoms with Gasteiger partial charge in [-0.15, -0.1) is 0 Å². The molecule has 2 aliphatic heterocycles. The minimum Gasteiger partial charge on any atom is -0.335 e. The van der Waals surface area contributed by atoms with Gasteiger partial charge < -0.3 is 9.80 Å². The summed E-state index contributed by atoms with van der Waals surface area (Å²) in [5.74, 6) is 0.531. The molecule has 9 nitrogen and oxygen atoms in total. The molecule has 10 heteroatoms. The summed E-state index contributed by atoms with van der Waals surface area (Å²) in [6.07, 6.45) is 5.92. The van der Waals surface area contributed by atoms with Crippen LogP contribution in [0.2, 0.25) is 0 Å². The number of hydrogen-bond donors (Lipinski definition) is 0. The van der Waals surface area contributed by atoms with E-state index in [1.165, 1.54) is 0 Å². The number of rotatable bonds is 4. The molecule has 2 aliphatic rings. The van der Waals surface area contributed by atoms with Crippen molar-refractivity contribution >= 4 is 21.7 Å². The Morgan fingerprint density at radius 2 is 1.89 bits per heavy atom. The van der Waals surface area contributed by atoms with Crippen LogP contribution in [0.5, 0.6) is 0 Å². The molecule has 2 atom stereocenters. The molecular formula is C17H22N6O3S. The first-order chi connectivity index (χ1) is 12.9. The number of aromatic nitrogens is 4. The number of nitrogens with zero attached hydrogens (tertiary/aromatic N) is 6. The fraction of sp³-hybridized carbons (Fsp3) is 0.529. The lowest BCUT2D eigenvalue weighted by atomic mass is 10.0. The van der Waals surface area contributed by atoms with Crippen molar-refractivity contribution in [1.29, 1.82) is 0 Å². The number of amides is 1. The maximum Gasteiger partial charge on any atom is 0.225 e. The van der Waals surface area contributed by atoms with Gasteiger partial charge >= 0.3 is 0 Å². The maximum atomic E-state index is 12.9. The molecule has 0 unspecified atom stereocenters. The number of hydrogen-bond acceptors (Lipinski definition) is 7. The van der Waals surface area contributed by atoms with Crippen molar-refractivity contribution in [3.63, 3.8) is 0 Å². The van der Waals surface area contributed by atoms with Gasteiger partial charge in [0.2, 0.25) is 11.9 Å². The van der Waals surface area contributed by atoms with Crippen molar-refractivity contribution in [2.45, 2.75) is 24.9 Å². The van der Waals surface area contributed by atoms with E-state index in [1.54, 1.807) is 34.2 Å². The molecule has 4 heterocycles. The Bertz CT molecular complexity index is 929. The third-order valence-electron chi connectivity index (χ3n) is 5.32. The van der Waals surface area contributed by atoms with Gasteiger partial charge in [-0.2, -0.15) is 5.10 Å². The largest absolute Gasteiger partial charge is 0.335 e. The average molecular weight is 390 g/mol. The Hall–Kier alpha value is -2.49. The molecule has 0 bridgehead atoms. The molecule has 0 saturated carbocycles. The van der Waals surface area contributed by atoms with Crippen LogP contribution in [0.15, 0.2) is 30.7 Å². The molecule has 0 radical (unpaired) electrons. The molecule has 0 aliphatic carbocycles. The highest BCUT2D eigenvalue weighted by Gasteiger charge is 2.48. The molecule has 2 aromatic rings. The SMILES string of the molecule is Cn1nccc1CCC(=O)N1CCN(c2ncccn2)[C@@H]2CS(=O)(=O)C[C@@H]21. The molecule has 144 valence electrons. The lowest BCUT2D eigenvalue weighted by Gasteiger charge is -2.43. The Morgan fingerprint density at radius 1 is 1.15 bits per heavy atom. The van der Waals surface area contributed by atoms with Gasteiger partial charge in [0.05, 0.1) is 23.6 Å². The van der Waals surface area contributed by atoms with Crippen LogP contribution < -0.4 is 4.90 Å². The summed E-state index contributed by atoms with van der Waals surface area (Å²) >= 11 is 0. The van der Waals surface area contributed by atoms with E-state index in [-0.39, 0.29) is 29.5 Å². The number of carbonyl (C=O) groups is 1. The van der Waals surface area contributed by atoms with E-state index in [2.05, 4.69) is 15.1 Å². The quantitative estimate of drug-likeness (QED) is 0.704. The third kappa shape index (κ3) is 3.53. The first kappa shape index (κ1) is 17.9. The second-order valence-electron chi connectivity index (χ2n) is 6.99. The Morgan fingerprint density at radius 3 is 2.59 bits per heavy atom. The number of sulfone groups is 1. The second-order valence-corrected chi connectivity index (χ2v) is 9.14. The van der Waals surface area contributed by atoms with Crippen LogP contribution in [0.4, 0.5) is 5.95 Å². The Kier molecular flexibility index (Phi) is 4.58. The van der Waals surface area contributed by atoms with E-state index in [4.69, 9.17) is 0 Å². The summed E-state index contributed by atoms with van der Waals surface area (Å²) in [4.78, 5) is 25.1. The molecule has 0 aromatic carbocycles. The van der Waals surface area contributed by atoms with Gasteiger partial charge in [0, 0.05) is 50.8 Å². The number of piperazine rings is 1. The molecule has 27 heavy (non-hydrogen) atoms. The van der Waals surface area contributed by atoms with Crippen molar-refractivity contribution < 1.29 is 13.2 Å². The van der Waals surface area contributed by atoms with Crippen LogP contribution in [0.3, 0.4) is 0 Å². The number of fused-ring (bicyclic) bond motifs is 1. The van der Waals surface area contributed by atoms with Crippen LogP contribution >= 0.6 is 0 Å². The molecule has 2 saturated heterocycles. The average Bonchev–Trinajstić information content (AvgIpc) is 3.20. The van der Waals surface area contributed by atoms with Crippen molar-refractivity contribution in [2.24, 2.45) is 7.05 Å². The van der Waals surface area contributed by atoms with E-state index in [0.29, 0.717) is 31.9 Å². The summed E-state index contributed by atoms with van der Waals surface area (Å²) in [5.41, 5.74) is 0.982. The molecule has 1 amide bonds. The van der Waals surface area contributed by atoms with Gasteiger partial charge in [-0.25, -0.2) is 18.4 Å². The molecule has 4 rings (SSSR count). The fourth-order valence-electron chi connectivity index (χ4n) is 3.98.